The third kappa shape index (κ3) is 4.54. The lowest BCUT2D eigenvalue weighted by Gasteiger charge is -2.20. The highest BCUT2D eigenvalue weighted by Crippen LogP contribution is 2.35. The lowest BCUT2D eigenvalue weighted by Crippen LogP contribution is -2.32. The van der Waals surface area contributed by atoms with Crippen LogP contribution in [-0.4, -0.2) is 31.8 Å². The molecule has 164 valence electrons. The van der Waals surface area contributed by atoms with Crippen LogP contribution in [0, 0.1) is 6.92 Å². The topological polar surface area (TPSA) is 75.4 Å². The van der Waals surface area contributed by atoms with Crippen LogP contribution < -0.4 is 20.1 Å². The Labute approximate surface area is 187 Å². The number of aromatic nitrogens is 1. The van der Waals surface area contributed by atoms with Gasteiger partial charge in [-0.2, -0.15) is 0 Å². The van der Waals surface area contributed by atoms with Gasteiger partial charge in [-0.05, 0) is 48.4 Å². The Balaban J connectivity index is 1.62. The van der Waals surface area contributed by atoms with Crippen molar-refractivity contribution in [1.82, 2.24) is 10.3 Å². The molecular formula is C26H27N3O3. The third-order valence-electron chi connectivity index (χ3n) is 5.58. The number of anilines is 1. The van der Waals surface area contributed by atoms with Crippen molar-refractivity contribution in [3.8, 4) is 11.5 Å². The summed E-state index contributed by atoms with van der Waals surface area (Å²) in [6.45, 7) is 2.42. The summed E-state index contributed by atoms with van der Waals surface area (Å²) in [5.74, 6) is 1.23. The van der Waals surface area contributed by atoms with Gasteiger partial charge in [0.1, 0.15) is 0 Å². The van der Waals surface area contributed by atoms with E-state index in [-0.39, 0.29) is 11.9 Å². The summed E-state index contributed by atoms with van der Waals surface area (Å²) in [6.07, 6.45) is 2.01. The Bertz CT molecular complexity index is 1210. The minimum atomic E-state index is -0.251. The fraction of sp³-hybridized carbons (Fsp3) is 0.192. The molecule has 1 heterocycles. The molecule has 1 aromatic heterocycles. The van der Waals surface area contributed by atoms with Gasteiger partial charge in [-0.25, -0.2) is 4.79 Å². The molecule has 0 aliphatic rings. The summed E-state index contributed by atoms with van der Waals surface area (Å²) in [5.41, 5.74) is 5.07. The first-order valence-corrected chi connectivity index (χ1v) is 10.5. The summed E-state index contributed by atoms with van der Waals surface area (Å²) >= 11 is 0. The fourth-order valence-corrected chi connectivity index (χ4v) is 3.87. The van der Waals surface area contributed by atoms with Gasteiger partial charge < -0.3 is 25.1 Å². The molecule has 1 atom stereocenters. The number of rotatable bonds is 7. The van der Waals surface area contributed by atoms with Crippen LogP contribution in [0.15, 0.2) is 72.9 Å². The molecule has 4 aromatic rings. The van der Waals surface area contributed by atoms with Crippen LogP contribution in [0.3, 0.4) is 0 Å². The first kappa shape index (κ1) is 21.3. The zero-order chi connectivity index (χ0) is 22.5. The number of carbonyl (C=O) groups is 1. The number of aryl methyl sites for hydroxylation is 1. The summed E-state index contributed by atoms with van der Waals surface area (Å²) in [7, 11) is 3.24. The van der Waals surface area contributed by atoms with Gasteiger partial charge in [0.05, 0.1) is 14.2 Å². The van der Waals surface area contributed by atoms with Crippen LogP contribution in [0.25, 0.3) is 10.9 Å². The smallest absolute Gasteiger partial charge is 0.319 e. The number of nitrogens with one attached hydrogen (secondary N) is 3. The molecule has 0 aliphatic carbocycles. The second-order valence-electron chi connectivity index (χ2n) is 7.66. The Morgan fingerprint density at radius 2 is 1.72 bits per heavy atom. The second kappa shape index (κ2) is 9.47. The summed E-state index contributed by atoms with van der Waals surface area (Å²) in [5, 5.41) is 7.04. The van der Waals surface area contributed by atoms with Crippen molar-refractivity contribution in [1.29, 1.82) is 0 Å². The number of urea groups is 1. The SMILES string of the molecule is COc1ccc([C@@H](CNC(=O)Nc2ccc(C)cc2)c2c[nH]c3ccccc23)cc1OC. The van der Waals surface area contributed by atoms with Gasteiger partial charge in [0.25, 0.3) is 0 Å². The molecule has 0 unspecified atom stereocenters. The van der Waals surface area contributed by atoms with E-state index in [0.717, 1.165) is 33.3 Å². The third-order valence-corrected chi connectivity index (χ3v) is 5.58. The molecule has 2 amide bonds. The summed E-state index contributed by atoms with van der Waals surface area (Å²) < 4.78 is 10.9. The molecule has 32 heavy (non-hydrogen) atoms. The van der Waals surface area contributed by atoms with E-state index in [4.69, 9.17) is 9.47 Å². The number of benzene rings is 3. The molecule has 0 saturated carbocycles. The quantitative estimate of drug-likeness (QED) is 0.366. The molecule has 3 N–H and O–H groups in total. The average molecular weight is 430 g/mol. The average Bonchev–Trinajstić information content (AvgIpc) is 3.24. The number of hydrogen-bond donors (Lipinski definition) is 3. The van der Waals surface area contributed by atoms with E-state index < -0.39 is 0 Å². The van der Waals surface area contributed by atoms with E-state index in [1.54, 1.807) is 14.2 Å². The number of fused-ring (bicyclic) bond motifs is 1. The molecule has 0 bridgehead atoms. The number of ether oxygens (including phenoxy) is 2. The van der Waals surface area contributed by atoms with Gasteiger partial charge in [0, 0.05) is 35.2 Å². The number of para-hydroxylation sites is 1. The van der Waals surface area contributed by atoms with Crippen LogP contribution in [0.2, 0.25) is 0 Å². The van der Waals surface area contributed by atoms with Gasteiger partial charge in [-0.15, -0.1) is 0 Å². The normalized spacial score (nSPS) is 11.7. The summed E-state index contributed by atoms with van der Waals surface area (Å²) in [6, 6.07) is 21.5. The Kier molecular flexibility index (Phi) is 6.31. The molecule has 4 rings (SSSR count). The summed E-state index contributed by atoms with van der Waals surface area (Å²) in [4.78, 5) is 16.0. The fourth-order valence-electron chi connectivity index (χ4n) is 3.87. The zero-order valence-electron chi connectivity index (χ0n) is 18.4. The predicted octanol–water partition coefficient (Wildman–Crippen LogP) is 5.45. The molecule has 0 radical (unpaired) electrons. The van der Waals surface area contributed by atoms with Gasteiger partial charge >= 0.3 is 6.03 Å². The van der Waals surface area contributed by atoms with Crippen molar-refractivity contribution >= 4 is 22.6 Å². The van der Waals surface area contributed by atoms with Crippen LogP contribution >= 0.6 is 0 Å². The maximum Gasteiger partial charge on any atom is 0.319 e. The number of methoxy groups -OCH3 is 2. The van der Waals surface area contributed by atoms with E-state index in [0.29, 0.717) is 18.0 Å². The number of carbonyl (C=O) groups excluding carboxylic acids is 1. The van der Waals surface area contributed by atoms with Crippen molar-refractivity contribution in [3.05, 3.63) is 89.6 Å². The maximum atomic E-state index is 12.6. The first-order valence-electron chi connectivity index (χ1n) is 10.5. The molecule has 0 saturated heterocycles. The Hall–Kier alpha value is -3.93. The molecule has 6 nitrogen and oxygen atoms in total. The van der Waals surface area contributed by atoms with Crippen LogP contribution in [-0.2, 0) is 0 Å². The highest BCUT2D eigenvalue weighted by molar-refractivity contribution is 5.89. The lowest BCUT2D eigenvalue weighted by atomic mass is 9.90. The van der Waals surface area contributed by atoms with Crippen molar-refractivity contribution in [2.24, 2.45) is 0 Å². The van der Waals surface area contributed by atoms with Crippen molar-refractivity contribution in [2.45, 2.75) is 12.8 Å². The van der Waals surface area contributed by atoms with Crippen molar-refractivity contribution < 1.29 is 14.3 Å². The van der Waals surface area contributed by atoms with E-state index in [1.165, 1.54) is 0 Å². The van der Waals surface area contributed by atoms with Gasteiger partial charge in [-0.1, -0.05) is 42.0 Å². The van der Waals surface area contributed by atoms with E-state index in [2.05, 4.69) is 21.7 Å². The van der Waals surface area contributed by atoms with Crippen molar-refractivity contribution in [2.75, 3.05) is 26.1 Å². The molecule has 6 heteroatoms. The van der Waals surface area contributed by atoms with Crippen LogP contribution in [0.4, 0.5) is 10.5 Å². The largest absolute Gasteiger partial charge is 0.493 e. The van der Waals surface area contributed by atoms with E-state index in [9.17, 15) is 4.79 Å². The zero-order valence-corrected chi connectivity index (χ0v) is 18.4. The standard InChI is InChI=1S/C26H27N3O3/c1-17-8-11-19(12-9-17)29-26(30)28-15-21(18-10-13-24(31-2)25(14-18)32-3)22-16-27-23-7-5-4-6-20(22)23/h4-14,16,21,27H,15H2,1-3H3,(H2,28,29,30)/t21-/m1/s1. The number of hydrogen-bond acceptors (Lipinski definition) is 3. The molecule has 3 aromatic carbocycles. The highest BCUT2D eigenvalue weighted by atomic mass is 16.5. The highest BCUT2D eigenvalue weighted by Gasteiger charge is 2.21. The molecule has 0 spiro atoms. The van der Waals surface area contributed by atoms with Gasteiger partial charge in [-0.3, -0.25) is 0 Å². The minimum absolute atomic E-state index is 0.0882. The lowest BCUT2D eigenvalue weighted by molar-refractivity contribution is 0.252. The van der Waals surface area contributed by atoms with E-state index in [1.807, 2.05) is 73.8 Å². The molecule has 0 aliphatic heterocycles. The number of amides is 2. The van der Waals surface area contributed by atoms with E-state index >= 15 is 0 Å². The monoisotopic (exact) mass is 429 g/mol. The Morgan fingerprint density at radius 3 is 2.47 bits per heavy atom. The van der Waals surface area contributed by atoms with Crippen molar-refractivity contribution in [3.63, 3.8) is 0 Å². The first-order chi connectivity index (χ1) is 15.6. The minimum Gasteiger partial charge on any atom is -0.493 e. The van der Waals surface area contributed by atoms with Gasteiger partial charge in [0.15, 0.2) is 11.5 Å². The second-order valence-corrected chi connectivity index (χ2v) is 7.66. The molecule has 0 fully saturated rings. The molecular weight excluding hydrogens is 402 g/mol. The van der Waals surface area contributed by atoms with Crippen LogP contribution in [0.1, 0.15) is 22.6 Å². The van der Waals surface area contributed by atoms with Gasteiger partial charge in [0.2, 0.25) is 0 Å². The van der Waals surface area contributed by atoms with Crippen LogP contribution in [0.5, 0.6) is 11.5 Å². The Morgan fingerprint density at radius 1 is 0.969 bits per heavy atom. The number of H-pyrrole nitrogens is 1. The maximum absolute atomic E-state index is 12.6. The number of aromatic amines is 1. The predicted molar refractivity (Wildman–Crippen MR) is 128 cm³/mol.